The van der Waals surface area contributed by atoms with E-state index in [1.807, 2.05) is 37.3 Å². The number of fused-ring (bicyclic) bond motifs is 8. The van der Waals surface area contributed by atoms with Crippen LogP contribution in [0.2, 0.25) is 0 Å². The molecule has 0 saturated heterocycles. The second kappa shape index (κ2) is 15.8. The van der Waals surface area contributed by atoms with Crippen molar-refractivity contribution in [2.24, 2.45) is 0 Å². The third-order valence-electron chi connectivity index (χ3n) is 9.62. The van der Waals surface area contributed by atoms with Gasteiger partial charge < -0.3 is 19.4 Å². The molecule has 6 rings (SSSR count). The predicted octanol–water partition coefficient (Wildman–Crippen LogP) is 9.29. The number of nitrogens with one attached hydrogen (secondary N) is 2. The molecule has 9 heteroatoms. The standard InChI is InChI=1S/C42H42N4O4.Zn/c1-8-28-11-9-10-12-29(28)13-14-31-25(3)35-20-30-19-24(2)34(43-30)21-36-26(4)32(15-17-41(47)49-6)39(45-36)23-40-33(16-18-42(48)50-7)27(5)37(46-40)22-38(31)44-35;/h8-14,19-23,44,46H,1,15-18H2,2-7H3;/b14-13+,30-20?,34-21?,35-20?,36-21?,37-22?,38-22?,39-23?,40-23?;. The van der Waals surface area contributed by atoms with Crippen molar-refractivity contribution in [1.29, 1.82) is 0 Å². The second-order valence-electron chi connectivity index (χ2n) is 12.7. The molecule has 0 atom stereocenters. The number of carbonyl (C=O) groups is 2. The Balaban J connectivity index is 0.00000504. The van der Waals surface area contributed by atoms with E-state index in [1.165, 1.54) is 14.2 Å². The normalized spacial score (nSPS) is 12.5. The largest absolute Gasteiger partial charge is 0.469 e. The van der Waals surface area contributed by atoms with E-state index in [9.17, 15) is 9.59 Å². The number of ether oxygens (including phenoxy) is 2. The Bertz CT molecular complexity index is 2300. The maximum Gasteiger partial charge on any atom is 0.305 e. The number of hydrogen-bond acceptors (Lipinski definition) is 6. The molecule has 51 heavy (non-hydrogen) atoms. The van der Waals surface area contributed by atoms with Crippen molar-refractivity contribution in [3.8, 4) is 0 Å². The van der Waals surface area contributed by atoms with Gasteiger partial charge in [-0.05, 0) is 115 Å². The number of allylic oxidation sites excluding steroid dienone is 3. The zero-order valence-corrected chi connectivity index (χ0v) is 33.2. The molecule has 256 valence electrons. The first-order chi connectivity index (χ1) is 24.1. The smallest absolute Gasteiger partial charge is 0.305 e. The molecular formula is C42H42N4O4Zn. The van der Waals surface area contributed by atoms with E-state index in [0.29, 0.717) is 12.8 Å². The summed E-state index contributed by atoms with van der Waals surface area (Å²) in [6.45, 7) is 12.3. The number of aryl methyl sites for hydroxylation is 3. The summed E-state index contributed by atoms with van der Waals surface area (Å²) in [5.74, 6) is -0.554. The van der Waals surface area contributed by atoms with E-state index in [0.717, 1.165) is 94.9 Å². The van der Waals surface area contributed by atoms with Gasteiger partial charge in [0.05, 0.1) is 37.0 Å². The number of carbonyl (C=O) groups excluding carboxylic acids is 2. The summed E-state index contributed by atoms with van der Waals surface area (Å²) in [6, 6.07) is 16.4. The zero-order valence-electron chi connectivity index (χ0n) is 30.2. The quantitative estimate of drug-likeness (QED) is 0.131. The van der Waals surface area contributed by atoms with Crippen LogP contribution >= 0.6 is 0 Å². The molecule has 0 unspecified atom stereocenters. The molecule has 2 aliphatic rings. The molecule has 8 bridgehead atoms. The summed E-state index contributed by atoms with van der Waals surface area (Å²) < 4.78 is 9.96. The molecule has 2 aliphatic heterocycles. The summed E-state index contributed by atoms with van der Waals surface area (Å²) in [7, 11) is 2.81. The molecule has 8 nitrogen and oxygen atoms in total. The van der Waals surface area contributed by atoms with E-state index in [1.54, 1.807) is 0 Å². The van der Waals surface area contributed by atoms with Crippen molar-refractivity contribution >= 4 is 75.0 Å². The van der Waals surface area contributed by atoms with Crippen LogP contribution in [0.1, 0.15) is 89.3 Å². The molecular weight excluding hydrogens is 690 g/mol. The minimum atomic E-state index is -0.279. The number of aromatic amines is 2. The first-order valence-corrected chi connectivity index (χ1v) is 16.8. The van der Waals surface area contributed by atoms with Crippen LogP contribution in [0.3, 0.4) is 0 Å². The van der Waals surface area contributed by atoms with Crippen LogP contribution < -0.4 is 0 Å². The minimum absolute atomic E-state index is 0. The van der Waals surface area contributed by atoms with Crippen LogP contribution in [-0.4, -0.2) is 46.1 Å². The monoisotopic (exact) mass is 730 g/mol. The van der Waals surface area contributed by atoms with Gasteiger partial charge in [0.2, 0.25) is 0 Å². The zero-order chi connectivity index (χ0) is 35.5. The molecule has 0 amide bonds. The Morgan fingerprint density at radius 2 is 1.41 bits per heavy atom. The van der Waals surface area contributed by atoms with Crippen LogP contribution in [0.4, 0.5) is 0 Å². The van der Waals surface area contributed by atoms with Crippen molar-refractivity contribution in [1.82, 2.24) is 19.9 Å². The average Bonchev–Trinajstić information content (AvgIpc) is 3.79. The fraction of sp³-hybridized carbons (Fsp3) is 0.238. The van der Waals surface area contributed by atoms with E-state index in [4.69, 9.17) is 19.4 Å². The van der Waals surface area contributed by atoms with Crippen LogP contribution in [0, 0.1) is 13.8 Å². The molecule has 3 aromatic heterocycles. The fourth-order valence-electron chi connectivity index (χ4n) is 6.61. The van der Waals surface area contributed by atoms with Crippen LogP contribution in [0.15, 0.2) is 55.1 Å². The van der Waals surface area contributed by atoms with Crippen molar-refractivity contribution in [2.45, 2.75) is 53.4 Å². The number of nitrogens with zero attached hydrogens (tertiary/aromatic N) is 2. The Labute approximate surface area is 311 Å². The summed E-state index contributed by atoms with van der Waals surface area (Å²) in [6.07, 6.45) is 9.64. The van der Waals surface area contributed by atoms with Gasteiger partial charge in [0.25, 0.3) is 0 Å². The summed E-state index contributed by atoms with van der Waals surface area (Å²) in [5.41, 5.74) is 16.2. The Hall–Kier alpha value is -5.14. The van der Waals surface area contributed by atoms with Gasteiger partial charge in [-0.2, -0.15) is 0 Å². The molecule has 2 N–H and O–H groups in total. The van der Waals surface area contributed by atoms with Gasteiger partial charge in [0.1, 0.15) is 0 Å². The van der Waals surface area contributed by atoms with E-state index in [-0.39, 0.29) is 44.3 Å². The van der Waals surface area contributed by atoms with Gasteiger partial charge in [-0.15, -0.1) is 0 Å². The van der Waals surface area contributed by atoms with Crippen molar-refractivity contribution in [3.05, 3.63) is 111 Å². The van der Waals surface area contributed by atoms with Gasteiger partial charge in [0.15, 0.2) is 0 Å². The molecule has 1 aromatic carbocycles. The molecule has 0 radical (unpaired) electrons. The first-order valence-electron chi connectivity index (χ1n) is 16.8. The number of methoxy groups -OCH3 is 2. The van der Waals surface area contributed by atoms with E-state index < -0.39 is 0 Å². The molecule has 4 aromatic rings. The minimum Gasteiger partial charge on any atom is -0.469 e. The number of rotatable bonds is 9. The maximum atomic E-state index is 12.3. The maximum absolute atomic E-state index is 12.3. The molecule has 5 heterocycles. The number of hydrogen-bond donors (Lipinski definition) is 2. The van der Waals surface area contributed by atoms with Crippen LogP contribution in [-0.2, 0) is 45.0 Å². The van der Waals surface area contributed by atoms with Crippen molar-refractivity contribution in [2.75, 3.05) is 14.2 Å². The summed E-state index contributed by atoms with van der Waals surface area (Å²) in [5, 5.41) is 0. The third-order valence-corrected chi connectivity index (χ3v) is 9.62. The molecule has 0 fully saturated rings. The van der Waals surface area contributed by atoms with Crippen LogP contribution in [0.5, 0.6) is 0 Å². The number of esters is 2. The fourth-order valence-corrected chi connectivity index (χ4v) is 6.61. The van der Waals surface area contributed by atoms with Crippen LogP contribution in [0.25, 0.3) is 63.1 Å². The first kappa shape index (κ1) is 37.1. The van der Waals surface area contributed by atoms with Gasteiger partial charge in [-0.3, -0.25) is 9.59 Å². The summed E-state index contributed by atoms with van der Waals surface area (Å²) >= 11 is 0. The van der Waals surface area contributed by atoms with Gasteiger partial charge in [-0.25, -0.2) is 9.97 Å². The Morgan fingerprint density at radius 3 is 2.12 bits per heavy atom. The summed E-state index contributed by atoms with van der Waals surface area (Å²) in [4.78, 5) is 41.9. The average molecular weight is 732 g/mol. The van der Waals surface area contributed by atoms with Gasteiger partial charge in [-0.1, -0.05) is 49.1 Å². The third kappa shape index (κ3) is 7.79. The van der Waals surface area contributed by atoms with E-state index >= 15 is 0 Å². The SMILES string of the molecule is C=Cc1ccccc1/C=C/c1c(C)c2cc3nc(cc4nc(cc5[nH]c(cc1[nH]2)c(C)c5CCC(=O)OC)C(CCC(=O)OC)=C4C)C(C)=C3.[Zn]. The van der Waals surface area contributed by atoms with Gasteiger partial charge in [0, 0.05) is 59.9 Å². The number of H-pyrrole nitrogens is 2. The Kier molecular flexibility index (Phi) is 11.5. The van der Waals surface area contributed by atoms with Gasteiger partial charge >= 0.3 is 11.9 Å². The topological polar surface area (TPSA) is 110 Å². The van der Waals surface area contributed by atoms with E-state index in [2.05, 4.69) is 79.8 Å². The molecule has 0 aliphatic carbocycles. The number of benzene rings is 1. The van der Waals surface area contributed by atoms with Crippen molar-refractivity contribution in [3.63, 3.8) is 0 Å². The molecule has 0 saturated carbocycles. The number of aromatic nitrogens is 4. The second-order valence-corrected chi connectivity index (χ2v) is 12.7. The predicted molar refractivity (Wildman–Crippen MR) is 204 cm³/mol. The Morgan fingerprint density at radius 1 is 0.745 bits per heavy atom. The van der Waals surface area contributed by atoms with Crippen molar-refractivity contribution < 1.29 is 38.5 Å². The molecule has 0 spiro atoms.